The Morgan fingerprint density at radius 1 is 0.336 bits per heavy atom. The minimum Gasteiger partial charge on any atom is -0.459 e. The van der Waals surface area contributed by atoms with Gasteiger partial charge in [0.2, 0.25) is 0 Å². The second kappa shape index (κ2) is 27.9. The summed E-state index contributed by atoms with van der Waals surface area (Å²) in [6.07, 6.45) is 0. The van der Waals surface area contributed by atoms with Gasteiger partial charge in [0.05, 0.1) is 65.2 Å². The van der Waals surface area contributed by atoms with Gasteiger partial charge in [0, 0.05) is 100 Å². The van der Waals surface area contributed by atoms with E-state index in [1.807, 2.05) is 182 Å². The molecule has 18 aromatic carbocycles. The van der Waals surface area contributed by atoms with Crippen molar-refractivity contribution in [2.75, 3.05) is 15.1 Å². The van der Waals surface area contributed by atoms with E-state index in [0.29, 0.717) is 78.1 Å². The fourth-order valence-corrected chi connectivity index (χ4v) is 19.1. The zero-order chi connectivity index (χ0) is 97.5. The quantitative estimate of drug-likeness (QED) is 0.124. The molecule has 6 heterocycles. The predicted molar refractivity (Wildman–Crippen MR) is 514 cm³/mol. The van der Waals surface area contributed by atoms with Crippen molar-refractivity contribution in [3.63, 3.8) is 0 Å². The number of para-hydroxylation sites is 8. The Morgan fingerprint density at radius 2 is 0.811 bits per heavy atom. The number of anilines is 8. The van der Waals surface area contributed by atoms with Gasteiger partial charge in [0.15, 0.2) is 5.58 Å². The molecule has 7 nitrogen and oxygen atoms in total. The maximum Gasteiger partial charge on any atom is 0.256 e. The molecule has 0 spiro atoms. The standard InChI is InChI=1S/C113H79B2N5O2/c1-71-65-102-108-112(106(71)115-92-62-59-77(72-33-10-5-11-34-72)66-100(92)119(109-81(73-35-12-6-13-36-73)48-30-49-82(109)74-37-14-7-15-38-74)103-68-78(113(2,3)4)67-95(107(103)115)116-94-53-32-52-90-89-47-24-29-58-104(89)121-111(90)94)122-105-70-80(118-98-56-27-22-45-87(98)88-46-23-28-57-99(88)118)61-64-93(105)114(108)91-63-60-79(117-96-54-25-20-43-85(96)86-44-21-26-55-97(86)117)69-101(91)120(102)110-83(75-39-16-8-17-40-75)50-31-51-84(110)76-41-18-9-19-42-76/h5-70,116H,1-4H3/i20D,21D,22D,23D,25D,26D,27D,28D,43D,44D,45D,46D,54D,55D,56D,57D,60D,63D,69D. The number of nitrogens with one attached hydrogen (secondary N) is 1. The van der Waals surface area contributed by atoms with Gasteiger partial charge >= 0.3 is 0 Å². The van der Waals surface area contributed by atoms with Gasteiger partial charge in [0.1, 0.15) is 17.1 Å². The molecule has 0 radical (unpaired) electrons. The SMILES string of the molecule is [2H]c1c([2H])c(-n2c3c([2H])c([2H])c([2H])c([2H])c3c3c([2H])c([2H])c([2H])c([2H])c32)c([2H])c2c1B1c3ccc(-n4c5c([2H])c([2H])c([2H])c([2H])c5c5c([2H])c([2H])c([2H])c([2H])c54)cc3Oc3c(B4c5ccc(-c6ccccc6)cc5N(c5c(-c6ccccc6)cccc5-c5ccccc5)c5cc(C(C)(C)C)cc(Nc6cccc7c6oc6ccccc67)c54)c(C)cc(c31)N2c1c(-c2ccccc2)cccc1-c1ccccc1. The molecule has 0 unspecified atom stereocenters. The zero-order valence-electron chi connectivity index (χ0n) is 85.4. The Balaban J connectivity index is 0.900. The number of nitrogens with zero attached hydrogens (tertiary/aromatic N) is 4. The van der Waals surface area contributed by atoms with Gasteiger partial charge in [-0.2, -0.15) is 0 Å². The first-order chi connectivity index (χ1) is 68.0. The highest BCUT2D eigenvalue weighted by molar-refractivity contribution is 7.03. The van der Waals surface area contributed by atoms with Crippen LogP contribution in [-0.4, -0.2) is 22.6 Å². The highest BCUT2D eigenvalue weighted by Gasteiger charge is 2.49. The van der Waals surface area contributed by atoms with Gasteiger partial charge in [0.25, 0.3) is 13.4 Å². The molecule has 0 amide bonds. The fourth-order valence-electron chi connectivity index (χ4n) is 19.1. The van der Waals surface area contributed by atoms with E-state index in [0.717, 1.165) is 82.3 Å². The molecule has 3 aliphatic rings. The van der Waals surface area contributed by atoms with Crippen molar-refractivity contribution in [1.29, 1.82) is 0 Å². The average Bonchev–Trinajstić information content (AvgIpc) is 1.67. The molecular weight excluding hydrogens is 1480 g/mol. The van der Waals surface area contributed by atoms with Gasteiger partial charge < -0.3 is 33.4 Å². The molecule has 21 aromatic rings. The monoisotopic (exact) mass is 1580 g/mol. The molecule has 24 rings (SSSR count). The van der Waals surface area contributed by atoms with Crippen LogP contribution in [0.2, 0.25) is 0 Å². The summed E-state index contributed by atoms with van der Waals surface area (Å²) in [5.74, 6) is 0.280. The molecule has 0 saturated carbocycles. The zero-order valence-corrected chi connectivity index (χ0v) is 66.4. The molecule has 122 heavy (non-hydrogen) atoms. The lowest BCUT2D eigenvalue weighted by atomic mass is 9.30. The smallest absolute Gasteiger partial charge is 0.256 e. The van der Waals surface area contributed by atoms with Crippen molar-refractivity contribution in [3.8, 4) is 78.5 Å². The van der Waals surface area contributed by atoms with E-state index in [9.17, 15) is 23.3 Å². The van der Waals surface area contributed by atoms with Crippen LogP contribution in [0.25, 0.3) is 133 Å². The van der Waals surface area contributed by atoms with Crippen LogP contribution in [0.1, 0.15) is 57.9 Å². The number of aryl methyl sites for hydroxylation is 1. The first kappa shape index (κ1) is 53.9. The summed E-state index contributed by atoms with van der Waals surface area (Å²) in [6, 6.07) is 82.9. The number of fused-ring (bicyclic) bond motifs is 15. The topological polar surface area (TPSA) is 50.7 Å². The third kappa shape index (κ3) is 11.1. The number of benzene rings is 18. The molecule has 0 aliphatic carbocycles. The number of rotatable bonds is 12. The third-order valence-electron chi connectivity index (χ3n) is 24.5. The minimum absolute atomic E-state index is 0.0325. The number of furan rings is 1. The largest absolute Gasteiger partial charge is 0.459 e. The Kier molecular flexibility index (Phi) is 12.3. The van der Waals surface area contributed by atoms with E-state index in [1.165, 1.54) is 4.57 Å². The van der Waals surface area contributed by atoms with E-state index in [1.54, 1.807) is 18.2 Å². The number of aromatic nitrogens is 2. The lowest BCUT2D eigenvalue weighted by molar-refractivity contribution is 0.490. The predicted octanol–water partition coefficient (Wildman–Crippen LogP) is 26.2. The summed E-state index contributed by atoms with van der Waals surface area (Å²) in [5.41, 5.74) is 16.2. The van der Waals surface area contributed by atoms with Crippen molar-refractivity contribution in [3.05, 3.63) is 411 Å². The van der Waals surface area contributed by atoms with Crippen molar-refractivity contribution in [1.82, 2.24) is 9.13 Å². The van der Waals surface area contributed by atoms with Gasteiger partial charge in [-0.1, -0.05) is 341 Å². The number of hydrogen-bond donors (Lipinski definition) is 1. The lowest BCUT2D eigenvalue weighted by Crippen LogP contribution is -2.64. The molecule has 0 saturated heterocycles. The molecular formula is C113H79B2N5O2. The maximum atomic E-state index is 11.8. The molecule has 1 N–H and O–H groups in total. The van der Waals surface area contributed by atoms with Crippen molar-refractivity contribution < 1.29 is 35.2 Å². The Hall–Kier alpha value is -15.3. The van der Waals surface area contributed by atoms with Gasteiger partial charge in [-0.25, -0.2) is 0 Å². The summed E-state index contributed by atoms with van der Waals surface area (Å²) in [5, 5.41) is 4.96. The fraction of sp³-hybridized carbons (Fsp3) is 0.0442. The van der Waals surface area contributed by atoms with Crippen molar-refractivity contribution >= 4 is 157 Å². The lowest BCUT2D eigenvalue weighted by Gasteiger charge is -2.44. The average molecular weight is 1580 g/mol. The van der Waals surface area contributed by atoms with Crippen molar-refractivity contribution in [2.45, 2.75) is 33.1 Å². The van der Waals surface area contributed by atoms with E-state index < -0.39 is 139 Å². The molecule has 3 aromatic heterocycles. The van der Waals surface area contributed by atoms with Crippen LogP contribution in [0.3, 0.4) is 0 Å². The van der Waals surface area contributed by atoms with Crippen LogP contribution < -0.4 is 52.6 Å². The number of ether oxygens (including phenoxy) is 1. The first-order valence-electron chi connectivity index (χ1n) is 50.3. The van der Waals surface area contributed by atoms with E-state index in [2.05, 4.69) is 128 Å². The summed E-state index contributed by atoms with van der Waals surface area (Å²) < 4.78 is 205. The van der Waals surface area contributed by atoms with Gasteiger partial charge in [-0.3, -0.25) is 0 Å². The second-order valence-corrected chi connectivity index (χ2v) is 32.4. The highest BCUT2D eigenvalue weighted by atomic mass is 16.5. The summed E-state index contributed by atoms with van der Waals surface area (Å²) >= 11 is 0. The van der Waals surface area contributed by atoms with Crippen LogP contribution in [0.5, 0.6) is 11.5 Å². The Labute approximate surface area is 735 Å². The maximum absolute atomic E-state index is 11.8. The van der Waals surface area contributed by atoms with Gasteiger partial charge in [-0.15, -0.1) is 0 Å². The van der Waals surface area contributed by atoms with Gasteiger partial charge in [-0.05, 0) is 163 Å². The summed E-state index contributed by atoms with van der Waals surface area (Å²) in [6.45, 7) is 6.27. The normalized spacial score (nSPS) is 14.9. The van der Waals surface area contributed by atoms with Crippen molar-refractivity contribution in [2.24, 2.45) is 0 Å². The van der Waals surface area contributed by atoms with E-state index in [-0.39, 0.29) is 71.9 Å². The van der Waals surface area contributed by atoms with E-state index in [4.69, 9.17) is 11.9 Å². The molecule has 0 fully saturated rings. The number of hydrogen-bond acceptors (Lipinski definition) is 5. The summed E-state index contributed by atoms with van der Waals surface area (Å²) in [7, 11) is 0. The highest BCUT2D eigenvalue weighted by Crippen LogP contribution is 2.54. The Morgan fingerprint density at radius 3 is 1.36 bits per heavy atom. The van der Waals surface area contributed by atoms with E-state index >= 15 is 0 Å². The molecule has 3 aliphatic heterocycles. The molecule has 0 bridgehead atoms. The second-order valence-electron chi connectivity index (χ2n) is 32.4. The minimum atomic E-state index is -1.35. The van der Waals surface area contributed by atoms with Crippen LogP contribution in [0.15, 0.2) is 404 Å². The van der Waals surface area contributed by atoms with Crippen LogP contribution >= 0.6 is 0 Å². The van der Waals surface area contributed by atoms with Crippen LogP contribution in [0.4, 0.5) is 45.5 Å². The van der Waals surface area contributed by atoms with Crippen LogP contribution in [-0.2, 0) is 5.41 Å². The molecule has 574 valence electrons. The molecule has 0 atom stereocenters. The first-order valence-corrected chi connectivity index (χ1v) is 40.8. The Bertz CT molecular complexity index is 8800. The van der Waals surface area contributed by atoms with Crippen LogP contribution in [0, 0.1) is 6.92 Å². The molecule has 9 heteroatoms. The summed E-state index contributed by atoms with van der Waals surface area (Å²) in [4.78, 5) is 4.36. The third-order valence-corrected chi connectivity index (χ3v) is 24.5.